The molecule has 25 heavy (non-hydrogen) atoms. The average Bonchev–Trinajstić information content (AvgIpc) is 3.01. The minimum absolute atomic E-state index is 0.0108. The summed E-state index contributed by atoms with van der Waals surface area (Å²) in [5, 5.41) is 7.74. The molecule has 1 aromatic heterocycles. The van der Waals surface area contributed by atoms with Crippen LogP contribution in [0.3, 0.4) is 0 Å². The van der Waals surface area contributed by atoms with Gasteiger partial charge in [-0.15, -0.1) is 0 Å². The molecule has 2 aliphatic rings. The first-order valence-corrected chi connectivity index (χ1v) is 9.51. The number of carbonyl (C=O) groups is 1. The third-order valence-electron chi connectivity index (χ3n) is 5.28. The van der Waals surface area contributed by atoms with E-state index in [2.05, 4.69) is 15.3 Å². The number of rotatable bonds is 5. The lowest BCUT2D eigenvalue weighted by atomic mass is 9.96. The van der Waals surface area contributed by atoms with Crippen molar-refractivity contribution in [1.29, 1.82) is 0 Å². The van der Waals surface area contributed by atoms with Crippen molar-refractivity contribution in [3.05, 3.63) is 11.8 Å². The topological polar surface area (TPSA) is 62.6 Å². The minimum Gasteiger partial charge on any atom is -0.383 e. The van der Waals surface area contributed by atoms with E-state index in [9.17, 15) is 4.79 Å². The predicted octanol–water partition coefficient (Wildman–Crippen LogP) is 2.49. The SMILES string of the molecule is COCCN1CCN(C(=O)Nc2cc(C)nn2C2CCCCC2)CC1. The Bertz CT molecular complexity index is 560. The highest BCUT2D eigenvalue weighted by Crippen LogP contribution is 2.30. The number of amides is 2. The Balaban J connectivity index is 1.56. The Morgan fingerprint density at radius 2 is 1.96 bits per heavy atom. The molecule has 7 nitrogen and oxygen atoms in total. The van der Waals surface area contributed by atoms with Gasteiger partial charge in [-0.2, -0.15) is 5.10 Å². The second-order valence-corrected chi connectivity index (χ2v) is 7.16. The molecule has 7 heteroatoms. The number of ether oxygens (including phenoxy) is 1. The first-order valence-electron chi connectivity index (χ1n) is 9.51. The molecule has 1 saturated carbocycles. The molecule has 0 radical (unpaired) electrons. The normalized spacial score (nSPS) is 20.0. The summed E-state index contributed by atoms with van der Waals surface area (Å²) >= 11 is 0. The van der Waals surface area contributed by atoms with Crippen molar-refractivity contribution in [2.24, 2.45) is 0 Å². The number of hydrogen-bond donors (Lipinski definition) is 1. The molecule has 1 saturated heterocycles. The average molecular weight is 349 g/mol. The Kier molecular flexibility index (Phi) is 6.31. The summed E-state index contributed by atoms with van der Waals surface area (Å²) in [5.41, 5.74) is 0.963. The van der Waals surface area contributed by atoms with Crippen LogP contribution in [0.25, 0.3) is 0 Å². The molecule has 3 rings (SSSR count). The van der Waals surface area contributed by atoms with E-state index in [0.717, 1.165) is 63.7 Å². The van der Waals surface area contributed by atoms with Gasteiger partial charge >= 0.3 is 6.03 Å². The summed E-state index contributed by atoms with van der Waals surface area (Å²) in [5.74, 6) is 0.844. The maximum Gasteiger partial charge on any atom is 0.323 e. The molecule has 0 aromatic carbocycles. The van der Waals surface area contributed by atoms with Crippen molar-refractivity contribution >= 4 is 11.8 Å². The fraction of sp³-hybridized carbons (Fsp3) is 0.778. The van der Waals surface area contributed by atoms with E-state index in [1.54, 1.807) is 7.11 Å². The van der Waals surface area contributed by atoms with Gasteiger partial charge in [-0.3, -0.25) is 10.2 Å². The first kappa shape index (κ1) is 18.2. The fourth-order valence-electron chi connectivity index (χ4n) is 3.80. The number of aromatic nitrogens is 2. The zero-order valence-electron chi connectivity index (χ0n) is 15.5. The van der Waals surface area contributed by atoms with Crippen LogP contribution in [0.2, 0.25) is 0 Å². The lowest BCUT2D eigenvalue weighted by Crippen LogP contribution is -2.50. The molecule has 2 amide bonds. The molecule has 0 bridgehead atoms. The highest BCUT2D eigenvalue weighted by atomic mass is 16.5. The summed E-state index contributed by atoms with van der Waals surface area (Å²) in [6.07, 6.45) is 6.12. The molecule has 1 aliphatic heterocycles. The van der Waals surface area contributed by atoms with E-state index >= 15 is 0 Å². The first-order chi connectivity index (χ1) is 12.2. The maximum atomic E-state index is 12.7. The Morgan fingerprint density at radius 3 is 2.64 bits per heavy atom. The van der Waals surface area contributed by atoms with Crippen LogP contribution in [-0.2, 0) is 4.74 Å². The zero-order valence-corrected chi connectivity index (χ0v) is 15.5. The van der Waals surface area contributed by atoms with E-state index in [1.165, 1.54) is 19.3 Å². The van der Waals surface area contributed by atoms with Gasteiger partial charge in [0.1, 0.15) is 5.82 Å². The van der Waals surface area contributed by atoms with Gasteiger partial charge in [-0.25, -0.2) is 9.48 Å². The van der Waals surface area contributed by atoms with Gasteiger partial charge < -0.3 is 9.64 Å². The molecular weight excluding hydrogens is 318 g/mol. The molecule has 2 heterocycles. The number of nitrogens with zero attached hydrogens (tertiary/aromatic N) is 4. The van der Waals surface area contributed by atoms with Gasteiger partial charge in [0.05, 0.1) is 18.3 Å². The van der Waals surface area contributed by atoms with Crippen LogP contribution >= 0.6 is 0 Å². The van der Waals surface area contributed by atoms with E-state index in [0.29, 0.717) is 6.04 Å². The van der Waals surface area contributed by atoms with Gasteiger partial charge in [0.2, 0.25) is 0 Å². The molecule has 0 spiro atoms. The predicted molar refractivity (Wildman–Crippen MR) is 98.0 cm³/mol. The quantitative estimate of drug-likeness (QED) is 0.887. The van der Waals surface area contributed by atoms with Gasteiger partial charge in [0.15, 0.2) is 0 Å². The largest absolute Gasteiger partial charge is 0.383 e. The van der Waals surface area contributed by atoms with Crippen molar-refractivity contribution in [1.82, 2.24) is 19.6 Å². The summed E-state index contributed by atoms with van der Waals surface area (Å²) in [7, 11) is 1.72. The van der Waals surface area contributed by atoms with Gasteiger partial charge in [0.25, 0.3) is 0 Å². The van der Waals surface area contributed by atoms with E-state index in [1.807, 2.05) is 22.6 Å². The van der Waals surface area contributed by atoms with Crippen LogP contribution in [-0.4, -0.2) is 72.1 Å². The molecule has 0 atom stereocenters. The Hall–Kier alpha value is -1.60. The van der Waals surface area contributed by atoms with Crippen LogP contribution in [0.4, 0.5) is 10.6 Å². The Morgan fingerprint density at radius 1 is 1.24 bits per heavy atom. The van der Waals surface area contributed by atoms with E-state index < -0.39 is 0 Å². The van der Waals surface area contributed by atoms with Crippen LogP contribution in [0.5, 0.6) is 0 Å². The zero-order chi connectivity index (χ0) is 17.6. The second-order valence-electron chi connectivity index (χ2n) is 7.16. The van der Waals surface area contributed by atoms with Gasteiger partial charge in [-0.1, -0.05) is 19.3 Å². The van der Waals surface area contributed by atoms with Crippen molar-refractivity contribution in [2.75, 3.05) is 51.8 Å². The summed E-state index contributed by atoms with van der Waals surface area (Å²) in [6, 6.07) is 2.40. The van der Waals surface area contributed by atoms with Crippen molar-refractivity contribution in [3.8, 4) is 0 Å². The summed E-state index contributed by atoms with van der Waals surface area (Å²) < 4.78 is 7.17. The number of piperazine rings is 1. The van der Waals surface area contributed by atoms with Crippen LogP contribution in [0, 0.1) is 6.92 Å². The molecule has 1 N–H and O–H groups in total. The summed E-state index contributed by atoms with van der Waals surface area (Å²) in [4.78, 5) is 16.9. The monoisotopic (exact) mass is 349 g/mol. The number of hydrogen-bond acceptors (Lipinski definition) is 4. The number of carbonyl (C=O) groups excluding carboxylic acids is 1. The number of methoxy groups -OCH3 is 1. The highest BCUT2D eigenvalue weighted by molar-refractivity contribution is 5.88. The van der Waals surface area contributed by atoms with E-state index in [-0.39, 0.29) is 6.03 Å². The maximum absolute atomic E-state index is 12.7. The third-order valence-corrected chi connectivity index (χ3v) is 5.28. The Labute approximate surface area is 150 Å². The fourth-order valence-corrected chi connectivity index (χ4v) is 3.80. The summed E-state index contributed by atoms with van der Waals surface area (Å²) in [6.45, 7) is 6.97. The molecule has 1 aromatic rings. The molecule has 1 aliphatic carbocycles. The smallest absolute Gasteiger partial charge is 0.323 e. The molecule has 2 fully saturated rings. The van der Waals surface area contributed by atoms with Crippen molar-refractivity contribution < 1.29 is 9.53 Å². The van der Waals surface area contributed by atoms with Gasteiger partial charge in [0, 0.05) is 45.9 Å². The van der Waals surface area contributed by atoms with Crippen molar-refractivity contribution in [2.45, 2.75) is 45.1 Å². The minimum atomic E-state index is -0.0108. The van der Waals surface area contributed by atoms with Crippen LogP contribution in [0.1, 0.15) is 43.8 Å². The lowest BCUT2D eigenvalue weighted by molar-refractivity contribution is 0.109. The van der Waals surface area contributed by atoms with Crippen molar-refractivity contribution in [3.63, 3.8) is 0 Å². The number of aryl methyl sites for hydroxylation is 1. The molecule has 0 unspecified atom stereocenters. The van der Waals surface area contributed by atoms with Crippen LogP contribution < -0.4 is 5.32 Å². The standard InChI is InChI=1S/C18H31N5O2/c1-15-14-17(23(20-15)16-6-4-3-5-7-16)19-18(24)22-10-8-21(9-11-22)12-13-25-2/h14,16H,3-13H2,1-2H3,(H,19,24). The number of anilines is 1. The molecule has 140 valence electrons. The highest BCUT2D eigenvalue weighted by Gasteiger charge is 2.24. The number of urea groups is 1. The number of nitrogens with one attached hydrogen (secondary N) is 1. The van der Waals surface area contributed by atoms with E-state index in [4.69, 9.17) is 4.74 Å². The lowest BCUT2D eigenvalue weighted by Gasteiger charge is -2.34. The second kappa shape index (κ2) is 8.67. The van der Waals surface area contributed by atoms with Crippen LogP contribution in [0.15, 0.2) is 6.07 Å². The molecular formula is C18H31N5O2. The van der Waals surface area contributed by atoms with Gasteiger partial charge in [-0.05, 0) is 19.8 Å². The third kappa shape index (κ3) is 4.73.